The van der Waals surface area contributed by atoms with E-state index in [0.717, 1.165) is 0 Å². The number of methoxy groups -OCH3 is 1. The summed E-state index contributed by atoms with van der Waals surface area (Å²) in [4.78, 5) is 16.9. The third kappa shape index (κ3) is 6.09. The first-order valence-corrected chi connectivity index (χ1v) is 10.2. The summed E-state index contributed by atoms with van der Waals surface area (Å²) in [5, 5.41) is 14.5. The summed E-state index contributed by atoms with van der Waals surface area (Å²) in [5.41, 5.74) is 0.473. The number of carbonyl (C=O) groups excluding carboxylic acids is 1. The number of aliphatic hydroxyl groups excluding tert-OH is 1. The van der Waals surface area contributed by atoms with Crippen LogP contribution in [0.5, 0.6) is 11.6 Å². The van der Waals surface area contributed by atoms with Crippen LogP contribution in [0.3, 0.4) is 0 Å². The molecular formula is C23H31ClN2O4. The molecule has 7 heteroatoms. The van der Waals surface area contributed by atoms with E-state index in [1.54, 1.807) is 30.5 Å². The number of aliphatic hydroxyl groups is 1. The van der Waals surface area contributed by atoms with E-state index < -0.39 is 11.5 Å². The van der Waals surface area contributed by atoms with Gasteiger partial charge in [0.1, 0.15) is 11.9 Å². The molecule has 1 atom stereocenters. The summed E-state index contributed by atoms with van der Waals surface area (Å²) in [6, 6.07) is 6.67. The molecule has 1 heterocycles. The maximum Gasteiger partial charge on any atom is 0.229 e. The van der Waals surface area contributed by atoms with Crippen molar-refractivity contribution in [3.8, 4) is 11.6 Å². The van der Waals surface area contributed by atoms with Gasteiger partial charge < -0.3 is 19.9 Å². The third-order valence-electron chi connectivity index (χ3n) is 4.26. The number of halogens is 1. The minimum Gasteiger partial charge on any atom is -0.491 e. The van der Waals surface area contributed by atoms with Gasteiger partial charge in [-0.15, -0.1) is 0 Å². The van der Waals surface area contributed by atoms with Crippen molar-refractivity contribution in [1.29, 1.82) is 0 Å². The van der Waals surface area contributed by atoms with Crippen LogP contribution in [0.4, 0.5) is 5.69 Å². The second kappa shape index (κ2) is 9.23. The first-order valence-electron chi connectivity index (χ1n) is 9.78. The van der Waals surface area contributed by atoms with E-state index >= 15 is 0 Å². The van der Waals surface area contributed by atoms with Crippen molar-refractivity contribution in [3.63, 3.8) is 0 Å². The molecule has 2 rings (SSSR count). The van der Waals surface area contributed by atoms with E-state index in [2.05, 4.69) is 10.3 Å². The summed E-state index contributed by atoms with van der Waals surface area (Å²) in [7, 11) is 1.48. The number of amides is 1. The first-order chi connectivity index (χ1) is 13.8. The highest BCUT2D eigenvalue weighted by Crippen LogP contribution is 2.41. The van der Waals surface area contributed by atoms with Gasteiger partial charge in [-0.05, 0) is 23.6 Å². The summed E-state index contributed by atoms with van der Waals surface area (Å²) in [5.74, 6) is 0.471. The molecule has 0 fully saturated rings. The molecule has 164 valence electrons. The van der Waals surface area contributed by atoms with Crippen LogP contribution in [0.2, 0.25) is 5.02 Å². The highest BCUT2D eigenvalue weighted by molar-refractivity contribution is 6.31. The van der Waals surface area contributed by atoms with E-state index in [9.17, 15) is 9.90 Å². The number of anilines is 1. The van der Waals surface area contributed by atoms with Gasteiger partial charge >= 0.3 is 0 Å². The quantitative estimate of drug-likeness (QED) is 0.650. The molecule has 2 N–H and O–H groups in total. The zero-order valence-electron chi connectivity index (χ0n) is 18.7. The van der Waals surface area contributed by atoms with Gasteiger partial charge in [-0.1, -0.05) is 53.1 Å². The minimum absolute atomic E-state index is 0.112. The van der Waals surface area contributed by atoms with Gasteiger partial charge in [0, 0.05) is 33.8 Å². The van der Waals surface area contributed by atoms with Crippen molar-refractivity contribution in [1.82, 2.24) is 4.98 Å². The van der Waals surface area contributed by atoms with Crippen LogP contribution in [-0.4, -0.2) is 29.7 Å². The number of carbonyl (C=O) groups is 1. The van der Waals surface area contributed by atoms with E-state index in [4.69, 9.17) is 21.1 Å². The van der Waals surface area contributed by atoms with Crippen LogP contribution in [0.25, 0.3) is 0 Å². The number of hydrogen-bond acceptors (Lipinski definition) is 5. The topological polar surface area (TPSA) is 80.7 Å². The molecule has 0 unspecified atom stereocenters. The average molecular weight is 435 g/mol. The second-order valence-corrected chi connectivity index (χ2v) is 9.86. The molecule has 6 nitrogen and oxygen atoms in total. The largest absolute Gasteiger partial charge is 0.491 e. The normalized spacial score (nSPS) is 13.0. The number of benzene rings is 1. The number of aromatic nitrogens is 1. The van der Waals surface area contributed by atoms with Gasteiger partial charge in [0.15, 0.2) is 0 Å². The lowest BCUT2D eigenvalue weighted by atomic mass is 9.94. The Morgan fingerprint density at radius 1 is 1.20 bits per heavy atom. The van der Waals surface area contributed by atoms with Gasteiger partial charge in [-0.2, -0.15) is 0 Å². The fraction of sp³-hybridized carbons (Fsp3) is 0.478. The van der Waals surface area contributed by atoms with Crippen molar-refractivity contribution in [2.75, 3.05) is 19.0 Å². The van der Waals surface area contributed by atoms with Gasteiger partial charge in [-0.3, -0.25) is 4.79 Å². The Bertz CT molecular complexity index is 901. The number of nitrogens with one attached hydrogen (secondary N) is 1. The maximum atomic E-state index is 12.8. The number of pyridine rings is 1. The number of ether oxygens (including phenoxy) is 2. The van der Waals surface area contributed by atoms with Crippen molar-refractivity contribution < 1.29 is 19.4 Å². The Hall–Kier alpha value is -2.31. The van der Waals surface area contributed by atoms with Crippen LogP contribution in [0, 0.1) is 10.8 Å². The smallest absolute Gasteiger partial charge is 0.229 e. The molecule has 0 bridgehead atoms. The average Bonchev–Trinajstić information content (AvgIpc) is 2.65. The van der Waals surface area contributed by atoms with E-state index in [0.29, 0.717) is 34.2 Å². The van der Waals surface area contributed by atoms with E-state index in [-0.39, 0.29) is 17.2 Å². The number of hydrogen-bond donors (Lipinski definition) is 2. The molecule has 0 radical (unpaired) electrons. The van der Waals surface area contributed by atoms with Crippen LogP contribution in [0.1, 0.15) is 58.8 Å². The predicted molar refractivity (Wildman–Crippen MR) is 119 cm³/mol. The molecular weight excluding hydrogens is 404 g/mol. The Balaban J connectivity index is 2.62. The van der Waals surface area contributed by atoms with Crippen molar-refractivity contribution in [2.45, 2.75) is 47.6 Å². The van der Waals surface area contributed by atoms with Gasteiger partial charge in [0.2, 0.25) is 11.8 Å². The fourth-order valence-corrected chi connectivity index (χ4v) is 2.83. The number of rotatable bonds is 6. The molecule has 1 amide bonds. The highest BCUT2D eigenvalue weighted by atomic mass is 35.5. The molecule has 0 aliphatic rings. The van der Waals surface area contributed by atoms with Gasteiger partial charge in [0.05, 0.1) is 19.4 Å². The van der Waals surface area contributed by atoms with Gasteiger partial charge in [0.25, 0.3) is 0 Å². The SMILES string of the molecule is COc1ncccc1[C@@H](O)c1cc(Cl)cc(OCC(C)(C)C)c1NC(=O)C(C)(C)C. The Kier molecular flexibility index (Phi) is 7.37. The highest BCUT2D eigenvalue weighted by Gasteiger charge is 2.28. The van der Waals surface area contributed by atoms with Crippen LogP contribution in [0.15, 0.2) is 30.5 Å². The van der Waals surface area contributed by atoms with Crippen molar-refractivity contribution >= 4 is 23.2 Å². The molecule has 0 aliphatic carbocycles. The Morgan fingerprint density at radius 3 is 2.43 bits per heavy atom. The molecule has 30 heavy (non-hydrogen) atoms. The lowest BCUT2D eigenvalue weighted by molar-refractivity contribution is -0.123. The summed E-state index contributed by atoms with van der Waals surface area (Å²) in [6.45, 7) is 12.0. The fourth-order valence-electron chi connectivity index (χ4n) is 2.61. The molecule has 1 aromatic heterocycles. The van der Waals surface area contributed by atoms with Crippen LogP contribution >= 0.6 is 11.6 Å². The lowest BCUT2D eigenvalue weighted by Gasteiger charge is -2.26. The summed E-state index contributed by atoms with van der Waals surface area (Å²) in [6.07, 6.45) is 0.437. The summed E-state index contributed by atoms with van der Waals surface area (Å²) >= 11 is 6.35. The first kappa shape index (κ1) is 24.0. The minimum atomic E-state index is -1.14. The standard InChI is InChI=1S/C23H31ClN2O4/c1-22(2,3)13-30-17-12-14(24)11-16(18(17)26-21(28)23(4,5)6)19(27)15-9-8-10-25-20(15)29-7/h8-12,19,27H,13H2,1-7H3,(H,26,28)/t19-/m1/s1. The molecule has 0 saturated carbocycles. The lowest BCUT2D eigenvalue weighted by Crippen LogP contribution is -2.29. The monoisotopic (exact) mass is 434 g/mol. The maximum absolute atomic E-state index is 12.8. The van der Waals surface area contributed by atoms with E-state index in [1.165, 1.54) is 7.11 Å². The number of nitrogens with zero attached hydrogens (tertiary/aromatic N) is 1. The Morgan fingerprint density at radius 2 is 1.87 bits per heavy atom. The molecule has 0 saturated heterocycles. The van der Waals surface area contributed by atoms with Crippen LogP contribution in [-0.2, 0) is 4.79 Å². The third-order valence-corrected chi connectivity index (χ3v) is 4.48. The second-order valence-electron chi connectivity index (χ2n) is 9.43. The van der Waals surface area contributed by atoms with Gasteiger partial charge in [-0.25, -0.2) is 4.98 Å². The molecule has 0 spiro atoms. The van der Waals surface area contributed by atoms with Crippen molar-refractivity contribution in [3.05, 3.63) is 46.6 Å². The molecule has 2 aromatic rings. The van der Waals surface area contributed by atoms with E-state index in [1.807, 2.05) is 41.5 Å². The van der Waals surface area contributed by atoms with Crippen LogP contribution < -0.4 is 14.8 Å². The van der Waals surface area contributed by atoms with Crippen molar-refractivity contribution in [2.24, 2.45) is 10.8 Å². The zero-order chi connectivity index (χ0) is 22.7. The molecule has 0 aliphatic heterocycles. The summed E-state index contributed by atoms with van der Waals surface area (Å²) < 4.78 is 11.3. The predicted octanol–water partition coefficient (Wildman–Crippen LogP) is 5.23. The molecule has 1 aromatic carbocycles. The zero-order valence-corrected chi connectivity index (χ0v) is 19.4. The Labute approximate surface area is 183 Å².